The lowest BCUT2D eigenvalue weighted by atomic mass is 9.85. The first-order chi connectivity index (χ1) is 13.5. The van der Waals surface area contributed by atoms with Crippen molar-refractivity contribution < 1.29 is 8.78 Å². The van der Waals surface area contributed by atoms with Gasteiger partial charge in [-0.3, -0.25) is 4.98 Å². The van der Waals surface area contributed by atoms with E-state index in [0.717, 1.165) is 0 Å². The van der Waals surface area contributed by atoms with E-state index in [-0.39, 0.29) is 5.69 Å². The van der Waals surface area contributed by atoms with E-state index in [1.54, 1.807) is 36.5 Å². The van der Waals surface area contributed by atoms with Crippen LogP contribution in [-0.4, -0.2) is 24.7 Å². The Hall–Kier alpha value is -3.48. The van der Waals surface area contributed by atoms with Crippen molar-refractivity contribution in [1.29, 1.82) is 0 Å². The van der Waals surface area contributed by atoms with E-state index in [1.165, 1.54) is 17.1 Å². The summed E-state index contributed by atoms with van der Waals surface area (Å²) >= 11 is 0. The van der Waals surface area contributed by atoms with Gasteiger partial charge < -0.3 is 0 Å². The monoisotopic (exact) mass is 377 g/mol. The Bertz CT molecular complexity index is 1140. The van der Waals surface area contributed by atoms with E-state index in [9.17, 15) is 8.78 Å². The van der Waals surface area contributed by atoms with E-state index in [0.29, 0.717) is 22.6 Å². The normalized spacial score (nSPS) is 11.6. The summed E-state index contributed by atoms with van der Waals surface area (Å²) < 4.78 is 29.5. The smallest absolute Gasteiger partial charge is 0.238 e. The number of halogens is 2. The molecule has 0 amide bonds. The molecule has 28 heavy (non-hydrogen) atoms. The largest absolute Gasteiger partial charge is 0.252 e. The zero-order valence-corrected chi connectivity index (χ0v) is 15.3. The van der Waals surface area contributed by atoms with Crippen molar-refractivity contribution in [1.82, 2.24) is 24.7 Å². The van der Waals surface area contributed by atoms with Crippen LogP contribution in [0.2, 0.25) is 0 Å². The number of hydrogen-bond donors (Lipinski definition) is 0. The van der Waals surface area contributed by atoms with Crippen molar-refractivity contribution in [2.45, 2.75) is 19.3 Å². The molecule has 0 saturated carbocycles. The third-order valence-electron chi connectivity index (χ3n) is 4.64. The highest BCUT2D eigenvalue weighted by Gasteiger charge is 2.28. The van der Waals surface area contributed by atoms with Crippen molar-refractivity contribution in [2.75, 3.05) is 0 Å². The third kappa shape index (κ3) is 3.15. The molecule has 4 rings (SSSR count). The molecule has 0 aromatic carbocycles. The van der Waals surface area contributed by atoms with Crippen LogP contribution < -0.4 is 0 Å². The molecule has 4 heterocycles. The van der Waals surface area contributed by atoms with Gasteiger partial charge in [0.15, 0.2) is 0 Å². The molecule has 4 aromatic rings. The maximum absolute atomic E-state index is 14.0. The zero-order valence-electron chi connectivity index (χ0n) is 15.3. The minimum atomic E-state index is -0.595. The van der Waals surface area contributed by atoms with Crippen LogP contribution in [0, 0.1) is 11.9 Å². The zero-order chi connectivity index (χ0) is 19.7. The number of pyridine rings is 3. The maximum Gasteiger partial charge on any atom is 0.238 e. The van der Waals surface area contributed by atoms with Crippen LogP contribution >= 0.6 is 0 Å². The van der Waals surface area contributed by atoms with Crippen LogP contribution in [0.1, 0.15) is 25.2 Å². The molecule has 0 fully saturated rings. The highest BCUT2D eigenvalue weighted by atomic mass is 19.1. The van der Waals surface area contributed by atoms with Crippen LogP contribution in [0.25, 0.3) is 16.9 Å². The second-order valence-electron chi connectivity index (χ2n) is 6.83. The van der Waals surface area contributed by atoms with E-state index in [2.05, 4.69) is 20.1 Å². The van der Waals surface area contributed by atoms with Crippen molar-refractivity contribution in [3.63, 3.8) is 0 Å². The molecule has 0 spiro atoms. The SMILES string of the molecule is CC(C)(c1cccc(-c2cccnc2F)n1)c1ccn(-c2cccnc2F)n1. The fourth-order valence-electron chi connectivity index (χ4n) is 2.98. The Kier molecular flexibility index (Phi) is 4.43. The maximum atomic E-state index is 14.0. The molecule has 5 nitrogen and oxygen atoms in total. The van der Waals surface area contributed by atoms with Gasteiger partial charge in [0, 0.05) is 18.6 Å². The molecule has 0 atom stereocenters. The van der Waals surface area contributed by atoms with Crippen LogP contribution in [0.4, 0.5) is 8.78 Å². The van der Waals surface area contributed by atoms with Crippen molar-refractivity contribution in [3.8, 4) is 16.9 Å². The summed E-state index contributed by atoms with van der Waals surface area (Å²) in [7, 11) is 0. The molecule has 0 N–H and O–H groups in total. The standard InChI is InChI=1S/C21H17F2N5/c1-21(2,18-10-13-28(27-18)16-8-5-12-25-20(16)23)17-9-3-7-15(26-17)14-6-4-11-24-19(14)22/h3-13H,1-2H3. The lowest BCUT2D eigenvalue weighted by Crippen LogP contribution is -2.22. The van der Waals surface area contributed by atoms with Gasteiger partial charge in [-0.2, -0.15) is 13.9 Å². The lowest BCUT2D eigenvalue weighted by Gasteiger charge is -2.22. The van der Waals surface area contributed by atoms with Gasteiger partial charge in [-0.15, -0.1) is 0 Å². The Morgan fingerprint density at radius 3 is 2.32 bits per heavy atom. The molecule has 7 heteroatoms. The molecule has 0 saturated heterocycles. The van der Waals surface area contributed by atoms with Gasteiger partial charge in [0.1, 0.15) is 5.69 Å². The van der Waals surface area contributed by atoms with E-state index >= 15 is 0 Å². The molecule has 0 aliphatic heterocycles. The topological polar surface area (TPSA) is 56.5 Å². The van der Waals surface area contributed by atoms with Crippen LogP contribution in [0.3, 0.4) is 0 Å². The average molecular weight is 377 g/mol. The third-order valence-corrected chi connectivity index (χ3v) is 4.64. The molecule has 0 unspecified atom stereocenters. The van der Waals surface area contributed by atoms with Gasteiger partial charge >= 0.3 is 0 Å². The minimum Gasteiger partial charge on any atom is -0.252 e. The minimum absolute atomic E-state index is 0.267. The van der Waals surface area contributed by atoms with E-state index in [4.69, 9.17) is 0 Å². The fraction of sp³-hybridized carbons (Fsp3) is 0.143. The van der Waals surface area contributed by atoms with Gasteiger partial charge in [0.05, 0.1) is 28.1 Å². The molecule has 140 valence electrons. The molecule has 0 aliphatic carbocycles. The highest BCUT2D eigenvalue weighted by molar-refractivity contribution is 5.58. The summed E-state index contributed by atoms with van der Waals surface area (Å²) in [6.07, 6.45) is 4.47. The Morgan fingerprint density at radius 2 is 1.57 bits per heavy atom. The summed E-state index contributed by atoms with van der Waals surface area (Å²) in [6, 6.07) is 13.8. The predicted molar refractivity (Wildman–Crippen MR) is 101 cm³/mol. The first kappa shape index (κ1) is 17.9. The quantitative estimate of drug-likeness (QED) is 0.497. The molecular weight excluding hydrogens is 360 g/mol. The van der Waals surface area contributed by atoms with E-state index < -0.39 is 17.3 Å². The molecule has 0 bridgehead atoms. The van der Waals surface area contributed by atoms with E-state index in [1.807, 2.05) is 32.0 Å². The second-order valence-corrected chi connectivity index (χ2v) is 6.83. The van der Waals surface area contributed by atoms with Gasteiger partial charge in [0.25, 0.3) is 0 Å². The molecule has 0 radical (unpaired) electrons. The number of aromatic nitrogens is 5. The Morgan fingerprint density at radius 1 is 0.821 bits per heavy atom. The van der Waals surface area contributed by atoms with Crippen molar-refractivity contribution >= 4 is 0 Å². The highest BCUT2D eigenvalue weighted by Crippen LogP contribution is 2.31. The van der Waals surface area contributed by atoms with Crippen LogP contribution in [0.5, 0.6) is 0 Å². The van der Waals surface area contributed by atoms with Crippen molar-refractivity contribution in [2.24, 2.45) is 0 Å². The van der Waals surface area contributed by atoms with Gasteiger partial charge in [-0.05, 0) is 56.3 Å². The van der Waals surface area contributed by atoms with Crippen molar-refractivity contribution in [3.05, 3.63) is 90.4 Å². The van der Waals surface area contributed by atoms with Crippen LogP contribution in [0.15, 0.2) is 67.1 Å². The predicted octanol–water partition coefficient (Wildman–Crippen LogP) is 4.33. The Balaban J connectivity index is 1.73. The second kappa shape index (κ2) is 6.92. The van der Waals surface area contributed by atoms with Gasteiger partial charge in [0.2, 0.25) is 11.9 Å². The number of nitrogens with zero attached hydrogens (tertiary/aromatic N) is 5. The summed E-state index contributed by atoms with van der Waals surface area (Å²) in [4.78, 5) is 12.0. The average Bonchev–Trinajstić information content (AvgIpc) is 3.20. The number of rotatable bonds is 4. The summed E-state index contributed by atoms with van der Waals surface area (Å²) in [6.45, 7) is 3.93. The summed E-state index contributed by atoms with van der Waals surface area (Å²) in [5.74, 6) is -1.16. The Labute approximate surface area is 160 Å². The molecule has 0 aliphatic rings. The first-order valence-corrected chi connectivity index (χ1v) is 8.72. The fourth-order valence-corrected chi connectivity index (χ4v) is 2.98. The molecule has 4 aromatic heterocycles. The molecular formula is C21H17F2N5. The summed E-state index contributed by atoms with van der Waals surface area (Å²) in [5.41, 5.74) is 1.93. The first-order valence-electron chi connectivity index (χ1n) is 8.72. The summed E-state index contributed by atoms with van der Waals surface area (Å²) in [5, 5.41) is 4.52. The van der Waals surface area contributed by atoms with Crippen LogP contribution in [-0.2, 0) is 5.41 Å². The lowest BCUT2D eigenvalue weighted by molar-refractivity contribution is 0.557. The van der Waals surface area contributed by atoms with Gasteiger partial charge in [-0.1, -0.05) is 6.07 Å². The van der Waals surface area contributed by atoms with Gasteiger partial charge in [-0.25, -0.2) is 14.6 Å². The number of hydrogen-bond acceptors (Lipinski definition) is 4.